The van der Waals surface area contributed by atoms with Gasteiger partial charge in [0.05, 0.1) is 4.90 Å². The first-order valence-electron chi connectivity index (χ1n) is 7.14. The van der Waals surface area contributed by atoms with Crippen LogP contribution in [0.25, 0.3) is 0 Å². The van der Waals surface area contributed by atoms with Crippen LogP contribution in [0.4, 0.5) is 11.4 Å². The van der Waals surface area contributed by atoms with Crippen molar-refractivity contribution < 1.29 is 8.42 Å². The van der Waals surface area contributed by atoms with Crippen molar-refractivity contribution >= 4 is 33.0 Å². The third-order valence-electron chi connectivity index (χ3n) is 3.13. The van der Waals surface area contributed by atoms with Crippen LogP contribution in [-0.4, -0.2) is 40.5 Å². The van der Waals surface area contributed by atoms with Gasteiger partial charge in [-0.25, -0.2) is 8.42 Å². The molecule has 0 radical (unpaired) electrons. The van der Waals surface area contributed by atoms with E-state index in [1.54, 1.807) is 24.3 Å². The van der Waals surface area contributed by atoms with Gasteiger partial charge in [0, 0.05) is 29.5 Å². The van der Waals surface area contributed by atoms with Crippen molar-refractivity contribution in [3.8, 4) is 0 Å². The van der Waals surface area contributed by atoms with Crippen molar-refractivity contribution in [1.29, 1.82) is 0 Å². The summed E-state index contributed by atoms with van der Waals surface area (Å²) in [5.74, 6) is 0. The first-order valence-corrected chi connectivity index (χ1v) is 9.00. The lowest BCUT2D eigenvalue weighted by atomic mass is 10.3. The molecule has 2 rings (SSSR count). The summed E-state index contributed by atoms with van der Waals surface area (Å²) in [5.41, 5.74) is 1.45. The third kappa shape index (κ3) is 5.42. The van der Waals surface area contributed by atoms with Crippen molar-refractivity contribution in [2.45, 2.75) is 4.90 Å². The molecule has 2 N–H and O–H groups in total. The van der Waals surface area contributed by atoms with Gasteiger partial charge in [0.25, 0.3) is 10.0 Å². The Morgan fingerprint density at radius 3 is 2.30 bits per heavy atom. The van der Waals surface area contributed by atoms with E-state index in [4.69, 9.17) is 11.6 Å². The molecule has 0 atom stereocenters. The number of anilines is 2. The van der Waals surface area contributed by atoms with Gasteiger partial charge in [-0.1, -0.05) is 17.7 Å². The van der Waals surface area contributed by atoms with Gasteiger partial charge in [0.15, 0.2) is 0 Å². The normalized spacial score (nSPS) is 11.5. The zero-order chi connectivity index (χ0) is 16.9. The van der Waals surface area contributed by atoms with E-state index in [2.05, 4.69) is 14.9 Å². The smallest absolute Gasteiger partial charge is 0.261 e. The summed E-state index contributed by atoms with van der Waals surface area (Å²) in [5, 5.41) is 3.65. The number of likely N-dealkylation sites (N-methyl/N-ethyl adjacent to an activating group) is 1. The van der Waals surface area contributed by atoms with Gasteiger partial charge in [-0.05, 0) is 56.6 Å². The Bertz CT molecular complexity index is 746. The average molecular weight is 354 g/mol. The number of halogens is 1. The second-order valence-corrected chi connectivity index (χ2v) is 7.49. The maximum absolute atomic E-state index is 12.3. The molecule has 0 unspecified atom stereocenters. The van der Waals surface area contributed by atoms with Crippen molar-refractivity contribution in [2.75, 3.05) is 37.2 Å². The number of hydrogen-bond acceptors (Lipinski definition) is 4. The molecule has 0 bridgehead atoms. The fourth-order valence-corrected chi connectivity index (χ4v) is 3.29. The molecule has 5 nitrogen and oxygen atoms in total. The van der Waals surface area contributed by atoms with E-state index in [1.165, 1.54) is 12.1 Å². The molecule has 0 amide bonds. The monoisotopic (exact) mass is 353 g/mol. The average Bonchev–Trinajstić information content (AvgIpc) is 2.48. The first-order chi connectivity index (χ1) is 10.9. The highest BCUT2D eigenvalue weighted by Gasteiger charge is 2.14. The van der Waals surface area contributed by atoms with E-state index >= 15 is 0 Å². The standard InChI is InChI=1S/C16H20ClN3O2S/c1-20(2)11-10-18-14-6-8-15(9-7-14)19-23(21,22)16-5-3-4-13(17)12-16/h3-9,12,18-19H,10-11H2,1-2H3. The minimum atomic E-state index is -3.64. The fraction of sp³-hybridized carbons (Fsp3) is 0.250. The number of benzene rings is 2. The molecule has 0 heterocycles. The number of sulfonamides is 1. The number of rotatable bonds is 7. The molecule has 2 aromatic carbocycles. The summed E-state index contributed by atoms with van der Waals surface area (Å²) < 4.78 is 27.1. The van der Waals surface area contributed by atoms with Gasteiger partial charge in [-0.3, -0.25) is 4.72 Å². The molecule has 0 saturated heterocycles. The Morgan fingerprint density at radius 1 is 1.04 bits per heavy atom. The highest BCUT2D eigenvalue weighted by molar-refractivity contribution is 7.92. The second kappa shape index (κ2) is 7.68. The number of hydrogen-bond donors (Lipinski definition) is 2. The summed E-state index contributed by atoms with van der Waals surface area (Å²) in [6, 6.07) is 13.3. The van der Waals surface area contributed by atoms with E-state index in [0.29, 0.717) is 10.7 Å². The van der Waals surface area contributed by atoms with Crippen molar-refractivity contribution in [3.63, 3.8) is 0 Å². The molecule has 7 heteroatoms. The van der Waals surface area contributed by atoms with Crippen molar-refractivity contribution in [3.05, 3.63) is 53.6 Å². The highest BCUT2D eigenvalue weighted by atomic mass is 35.5. The topological polar surface area (TPSA) is 61.4 Å². The van der Waals surface area contributed by atoms with Crippen LogP contribution in [0.3, 0.4) is 0 Å². The fourth-order valence-electron chi connectivity index (χ4n) is 1.93. The number of nitrogens with zero attached hydrogens (tertiary/aromatic N) is 1. The SMILES string of the molecule is CN(C)CCNc1ccc(NS(=O)(=O)c2cccc(Cl)c2)cc1. The Morgan fingerprint density at radius 2 is 1.70 bits per heavy atom. The minimum Gasteiger partial charge on any atom is -0.384 e. The zero-order valence-electron chi connectivity index (χ0n) is 13.1. The number of nitrogens with one attached hydrogen (secondary N) is 2. The lowest BCUT2D eigenvalue weighted by Crippen LogP contribution is -2.20. The van der Waals surface area contributed by atoms with Gasteiger partial charge >= 0.3 is 0 Å². The van der Waals surface area contributed by atoms with Crippen molar-refractivity contribution in [1.82, 2.24) is 4.90 Å². The second-order valence-electron chi connectivity index (χ2n) is 5.37. The molecule has 124 valence electrons. The Kier molecular flexibility index (Phi) is 5.87. The predicted molar refractivity (Wildman–Crippen MR) is 95.7 cm³/mol. The molecular weight excluding hydrogens is 334 g/mol. The van der Waals surface area contributed by atoms with Crippen LogP contribution < -0.4 is 10.0 Å². The molecule has 0 aliphatic rings. The largest absolute Gasteiger partial charge is 0.384 e. The van der Waals surface area contributed by atoms with Crippen LogP contribution in [0.15, 0.2) is 53.4 Å². The van der Waals surface area contributed by atoms with Crippen molar-refractivity contribution in [2.24, 2.45) is 0 Å². The maximum Gasteiger partial charge on any atom is 0.261 e. The van der Waals surface area contributed by atoms with E-state index in [1.807, 2.05) is 26.2 Å². The van der Waals surface area contributed by atoms with E-state index in [9.17, 15) is 8.42 Å². The van der Waals surface area contributed by atoms with Crippen LogP contribution in [0.1, 0.15) is 0 Å². The van der Waals surface area contributed by atoms with Gasteiger partial charge in [-0.15, -0.1) is 0 Å². The van der Waals surface area contributed by atoms with Crippen LogP contribution in [0, 0.1) is 0 Å². The van der Waals surface area contributed by atoms with E-state index in [0.717, 1.165) is 18.8 Å². The maximum atomic E-state index is 12.3. The van der Waals surface area contributed by atoms with Crippen LogP contribution in [0.2, 0.25) is 5.02 Å². The third-order valence-corrected chi connectivity index (χ3v) is 4.75. The summed E-state index contributed by atoms with van der Waals surface area (Å²) in [4.78, 5) is 2.22. The summed E-state index contributed by atoms with van der Waals surface area (Å²) in [7, 11) is 0.380. The minimum absolute atomic E-state index is 0.137. The zero-order valence-corrected chi connectivity index (χ0v) is 14.7. The van der Waals surface area contributed by atoms with Gasteiger partial charge in [0.2, 0.25) is 0 Å². The molecular formula is C16H20ClN3O2S. The van der Waals surface area contributed by atoms with E-state index < -0.39 is 10.0 Å². The Balaban J connectivity index is 2.03. The molecule has 2 aromatic rings. The lowest BCUT2D eigenvalue weighted by Gasteiger charge is -2.12. The molecule has 23 heavy (non-hydrogen) atoms. The molecule has 0 spiro atoms. The summed E-state index contributed by atoms with van der Waals surface area (Å²) in [6.07, 6.45) is 0. The molecule has 0 aliphatic heterocycles. The molecule has 0 aromatic heterocycles. The van der Waals surface area contributed by atoms with Gasteiger partial charge < -0.3 is 10.2 Å². The molecule has 0 saturated carbocycles. The summed E-state index contributed by atoms with van der Waals surface area (Å²) in [6.45, 7) is 1.74. The van der Waals surface area contributed by atoms with Gasteiger partial charge in [0.1, 0.15) is 0 Å². The van der Waals surface area contributed by atoms with Gasteiger partial charge in [-0.2, -0.15) is 0 Å². The summed E-state index contributed by atoms with van der Waals surface area (Å²) >= 11 is 5.84. The Hall–Kier alpha value is -1.76. The van der Waals surface area contributed by atoms with Crippen LogP contribution in [-0.2, 0) is 10.0 Å². The first kappa shape index (κ1) is 17.6. The highest BCUT2D eigenvalue weighted by Crippen LogP contribution is 2.20. The van der Waals surface area contributed by atoms with Crippen LogP contribution >= 0.6 is 11.6 Å². The van der Waals surface area contributed by atoms with E-state index in [-0.39, 0.29) is 4.90 Å². The van der Waals surface area contributed by atoms with Crippen LogP contribution in [0.5, 0.6) is 0 Å². The lowest BCUT2D eigenvalue weighted by molar-refractivity contribution is 0.425. The Labute approximate surface area is 142 Å². The quantitative estimate of drug-likeness (QED) is 0.802. The molecule has 0 aliphatic carbocycles. The molecule has 0 fully saturated rings. The predicted octanol–water partition coefficient (Wildman–Crippen LogP) is 3.11.